The summed E-state index contributed by atoms with van der Waals surface area (Å²) in [4.78, 5) is 23.4. The quantitative estimate of drug-likeness (QED) is 0.726. The summed E-state index contributed by atoms with van der Waals surface area (Å²) in [7, 11) is 0. The van der Waals surface area contributed by atoms with Crippen molar-refractivity contribution in [1.29, 1.82) is 0 Å². The topological polar surface area (TPSA) is 86.9 Å². The Morgan fingerprint density at radius 3 is 2.75 bits per heavy atom. The molecule has 0 radical (unpaired) electrons. The second-order valence-corrected chi connectivity index (χ2v) is 5.32. The lowest BCUT2D eigenvalue weighted by Crippen LogP contribution is -2.33. The summed E-state index contributed by atoms with van der Waals surface area (Å²) in [6.45, 7) is 2.79. The van der Waals surface area contributed by atoms with Gasteiger partial charge in [-0.3, -0.25) is 14.7 Å². The molecule has 0 unspecified atom stereocenters. The van der Waals surface area contributed by atoms with Gasteiger partial charge < -0.3 is 10.6 Å². The first-order valence-electron chi connectivity index (χ1n) is 7.20. The second-order valence-electron chi connectivity index (χ2n) is 5.32. The molecule has 0 aromatic carbocycles. The number of carbonyl (C=O) groups is 2. The van der Waals surface area contributed by atoms with Crippen LogP contribution in [0, 0.1) is 12.8 Å². The first-order chi connectivity index (χ1) is 9.66. The van der Waals surface area contributed by atoms with Gasteiger partial charge >= 0.3 is 0 Å². The average molecular weight is 278 g/mol. The fourth-order valence-corrected chi connectivity index (χ4v) is 2.47. The lowest BCUT2D eigenvalue weighted by Gasteiger charge is -2.10. The number of nitrogens with zero attached hydrogens (tertiary/aromatic N) is 1. The standard InChI is InChI=1S/C14H22N4O2/c1-10-12(9-17-18-10)8-16-13(19)6-7-15-14(20)11-4-2-3-5-11/h9,11H,2-8H2,1H3,(H,15,20)(H,16,19)(H,17,18). The monoisotopic (exact) mass is 278 g/mol. The molecule has 1 saturated carbocycles. The minimum absolute atomic E-state index is 0.0580. The zero-order chi connectivity index (χ0) is 14.4. The van der Waals surface area contributed by atoms with E-state index in [2.05, 4.69) is 20.8 Å². The van der Waals surface area contributed by atoms with Gasteiger partial charge in [0.2, 0.25) is 11.8 Å². The second kappa shape index (κ2) is 7.07. The summed E-state index contributed by atoms with van der Waals surface area (Å²) in [5, 5.41) is 12.4. The first kappa shape index (κ1) is 14.6. The van der Waals surface area contributed by atoms with Crippen LogP contribution in [0.4, 0.5) is 0 Å². The van der Waals surface area contributed by atoms with Crippen molar-refractivity contribution in [2.75, 3.05) is 6.54 Å². The van der Waals surface area contributed by atoms with E-state index in [-0.39, 0.29) is 17.7 Å². The van der Waals surface area contributed by atoms with E-state index in [1.54, 1.807) is 6.20 Å². The number of carbonyl (C=O) groups excluding carboxylic acids is 2. The van der Waals surface area contributed by atoms with E-state index in [9.17, 15) is 9.59 Å². The van der Waals surface area contributed by atoms with Gasteiger partial charge in [-0.1, -0.05) is 12.8 Å². The Balaban J connectivity index is 1.60. The Morgan fingerprint density at radius 2 is 2.10 bits per heavy atom. The van der Waals surface area contributed by atoms with Gasteiger partial charge in [0.1, 0.15) is 0 Å². The van der Waals surface area contributed by atoms with Crippen molar-refractivity contribution in [2.24, 2.45) is 5.92 Å². The molecule has 1 aliphatic carbocycles. The molecular weight excluding hydrogens is 256 g/mol. The van der Waals surface area contributed by atoms with Crippen LogP contribution in [0.2, 0.25) is 0 Å². The average Bonchev–Trinajstić information content (AvgIpc) is 3.07. The molecule has 2 rings (SSSR count). The molecule has 2 amide bonds. The van der Waals surface area contributed by atoms with Crippen LogP contribution in [0.5, 0.6) is 0 Å². The molecule has 0 spiro atoms. The van der Waals surface area contributed by atoms with E-state index in [0.717, 1.165) is 36.9 Å². The number of rotatable bonds is 6. The smallest absolute Gasteiger partial charge is 0.223 e. The van der Waals surface area contributed by atoms with E-state index in [1.807, 2.05) is 6.92 Å². The minimum atomic E-state index is -0.0580. The van der Waals surface area contributed by atoms with Gasteiger partial charge in [-0.25, -0.2) is 0 Å². The Bertz CT molecular complexity index is 463. The maximum absolute atomic E-state index is 11.8. The molecule has 1 heterocycles. The molecular formula is C14H22N4O2. The Kier molecular flexibility index (Phi) is 5.15. The maximum atomic E-state index is 11.8. The molecule has 1 aromatic heterocycles. The Labute approximate surface area is 118 Å². The number of nitrogens with one attached hydrogen (secondary N) is 3. The molecule has 110 valence electrons. The van der Waals surface area contributed by atoms with Crippen LogP contribution in [-0.4, -0.2) is 28.6 Å². The van der Waals surface area contributed by atoms with Crippen LogP contribution >= 0.6 is 0 Å². The summed E-state index contributed by atoms with van der Waals surface area (Å²) in [5.41, 5.74) is 1.94. The molecule has 0 aliphatic heterocycles. The predicted molar refractivity (Wildman–Crippen MR) is 74.8 cm³/mol. The van der Waals surface area contributed by atoms with Crippen LogP contribution in [0.1, 0.15) is 43.4 Å². The number of aromatic nitrogens is 2. The highest BCUT2D eigenvalue weighted by Crippen LogP contribution is 2.24. The normalized spacial score (nSPS) is 15.2. The molecule has 1 aliphatic rings. The highest BCUT2D eigenvalue weighted by molar-refractivity contribution is 5.80. The Morgan fingerprint density at radius 1 is 1.35 bits per heavy atom. The molecule has 0 atom stereocenters. The molecule has 20 heavy (non-hydrogen) atoms. The Hall–Kier alpha value is -1.85. The molecule has 6 nitrogen and oxygen atoms in total. The largest absolute Gasteiger partial charge is 0.355 e. The lowest BCUT2D eigenvalue weighted by molar-refractivity contribution is -0.125. The summed E-state index contributed by atoms with van der Waals surface area (Å²) in [6, 6.07) is 0. The predicted octanol–water partition coefficient (Wildman–Crippen LogP) is 1.03. The van der Waals surface area contributed by atoms with Crippen LogP contribution in [0.15, 0.2) is 6.20 Å². The SMILES string of the molecule is Cc1[nH]ncc1CNC(=O)CCNC(=O)C1CCCC1. The van der Waals surface area contributed by atoms with E-state index >= 15 is 0 Å². The fourth-order valence-electron chi connectivity index (χ4n) is 2.47. The third kappa shape index (κ3) is 4.08. The molecule has 1 aromatic rings. The van der Waals surface area contributed by atoms with Gasteiger partial charge in [-0.2, -0.15) is 5.10 Å². The van der Waals surface area contributed by atoms with E-state index < -0.39 is 0 Å². The first-order valence-corrected chi connectivity index (χ1v) is 7.20. The fraction of sp³-hybridized carbons (Fsp3) is 0.643. The number of amides is 2. The van der Waals surface area contributed by atoms with Gasteiger partial charge in [0.05, 0.1) is 6.20 Å². The van der Waals surface area contributed by atoms with Crippen molar-refractivity contribution in [1.82, 2.24) is 20.8 Å². The zero-order valence-electron chi connectivity index (χ0n) is 11.9. The lowest BCUT2D eigenvalue weighted by atomic mass is 10.1. The summed E-state index contributed by atoms with van der Waals surface area (Å²) < 4.78 is 0. The summed E-state index contributed by atoms with van der Waals surface area (Å²) >= 11 is 0. The van der Waals surface area contributed by atoms with Crippen LogP contribution in [-0.2, 0) is 16.1 Å². The molecule has 3 N–H and O–H groups in total. The minimum Gasteiger partial charge on any atom is -0.355 e. The highest BCUT2D eigenvalue weighted by atomic mass is 16.2. The molecule has 1 fully saturated rings. The van der Waals surface area contributed by atoms with E-state index in [0.29, 0.717) is 19.5 Å². The molecule has 0 bridgehead atoms. The van der Waals surface area contributed by atoms with Gasteiger partial charge in [0.15, 0.2) is 0 Å². The highest BCUT2D eigenvalue weighted by Gasteiger charge is 2.22. The summed E-state index contributed by atoms with van der Waals surface area (Å²) in [6.07, 6.45) is 6.27. The van der Waals surface area contributed by atoms with E-state index in [4.69, 9.17) is 0 Å². The number of aromatic amines is 1. The van der Waals surface area contributed by atoms with Crippen LogP contribution in [0.3, 0.4) is 0 Å². The third-order valence-electron chi connectivity index (χ3n) is 3.79. The summed E-state index contributed by atoms with van der Waals surface area (Å²) in [5.74, 6) is 0.199. The van der Waals surface area contributed by atoms with Crippen molar-refractivity contribution < 1.29 is 9.59 Å². The maximum Gasteiger partial charge on any atom is 0.223 e. The van der Waals surface area contributed by atoms with Crippen LogP contribution < -0.4 is 10.6 Å². The van der Waals surface area contributed by atoms with Crippen molar-refractivity contribution in [3.05, 3.63) is 17.5 Å². The van der Waals surface area contributed by atoms with Gasteiger partial charge in [-0.05, 0) is 19.8 Å². The number of hydrogen-bond acceptors (Lipinski definition) is 3. The van der Waals surface area contributed by atoms with Crippen molar-refractivity contribution >= 4 is 11.8 Å². The zero-order valence-corrected chi connectivity index (χ0v) is 11.9. The van der Waals surface area contributed by atoms with Crippen molar-refractivity contribution in [3.63, 3.8) is 0 Å². The number of H-pyrrole nitrogens is 1. The van der Waals surface area contributed by atoms with Gasteiger partial charge in [0.25, 0.3) is 0 Å². The number of hydrogen-bond donors (Lipinski definition) is 3. The number of aryl methyl sites for hydroxylation is 1. The van der Waals surface area contributed by atoms with Crippen molar-refractivity contribution in [2.45, 2.75) is 45.6 Å². The molecule has 0 saturated heterocycles. The van der Waals surface area contributed by atoms with Crippen LogP contribution in [0.25, 0.3) is 0 Å². The molecule has 6 heteroatoms. The van der Waals surface area contributed by atoms with Gasteiger partial charge in [-0.15, -0.1) is 0 Å². The van der Waals surface area contributed by atoms with E-state index in [1.165, 1.54) is 0 Å². The third-order valence-corrected chi connectivity index (χ3v) is 3.79. The van der Waals surface area contributed by atoms with Crippen molar-refractivity contribution in [3.8, 4) is 0 Å². The van der Waals surface area contributed by atoms with Gasteiger partial charge in [0, 0.05) is 36.7 Å².